The predicted octanol–water partition coefficient (Wildman–Crippen LogP) is 5.17. The summed E-state index contributed by atoms with van der Waals surface area (Å²) in [6.07, 6.45) is 3.75. The largest absolute Gasteiger partial charge is 0.493 e. The number of methoxy groups -OCH3 is 2. The third-order valence-electron chi connectivity index (χ3n) is 7.50. The molecule has 3 aromatic carbocycles. The van der Waals surface area contributed by atoms with Crippen molar-refractivity contribution in [2.75, 3.05) is 25.1 Å². The number of sulfonamides is 1. The van der Waals surface area contributed by atoms with Gasteiger partial charge in [-0.2, -0.15) is 0 Å². The van der Waals surface area contributed by atoms with E-state index in [1.54, 1.807) is 31.2 Å². The quantitative estimate of drug-likeness (QED) is 0.296. The number of ether oxygens (including phenoxy) is 2. The number of rotatable bonds is 12. The van der Waals surface area contributed by atoms with E-state index in [1.807, 2.05) is 0 Å². The number of carbonyl (C=O) groups is 2. The molecule has 1 atom stereocenters. The van der Waals surface area contributed by atoms with Gasteiger partial charge in [0.1, 0.15) is 18.4 Å². The van der Waals surface area contributed by atoms with Gasteiger partial charge >= 0.3 is 0 Å². The Morgan fingerprint density at radius 3 is 2.28 bits per heavy atom. The molecule has 0 aromatic heterocycles. The first-order valence-electron chi connectivity index (χ1n) is 13.9. The van der Waals surface area contributed by atoms with E-state index in [9.17, 15) is 22.4 Å². The molecule has 1 aliphatic rings. The number of hydrogen-bond acceptors (Lipinski definition) is 6. The first-order valence-corrected chi connectivity index (χ1v) is 15.7. The molecule has 1 N–H and O–H groups in total. The minimum atomic E-state index is -4.40. The summed E-state index contributed by atoms with van der Waals surface area (Å²) in [5.41, 5.74) is 0.652. The van der Waals surface area contributed by atoms with Crippen molar-refractivity contribution in [3.63, 3.8) is 0 Å². The number of nitrogens with zero attached hydrogens (tertiary/aromatic N) is 2. The van der Waals surface area contributed by atoms with Crippen LogP contribution in [-0.2, 0) is 26.2 Å². The lowest BCUT2D eigenvalue weighted by Crippen LogP contribution is -2.52. The minimum Gasteiger partial charge on any atom is -0.493 e. The van der Waals surface area contributed by atoms with Crippen molar-refractivity contribution in [2.24, 2.45) is 0 Å². The number of benzene rings is 3. The standard InChI is InChI=1S/C31H35ClFN3O6S/c1-21(31(38)34-24-9-5-6-10-24)35(19-22-8-4-7-11-27(22)32)30(37)20-36(25-14-12-23(33)13-15-25)43(39,40)26-16-17-28(41-2)29(18-26)42-3/h4,7-8,11-18,21,24H,5-6,9-10,19-20H2,1-3H3,(H,34,38)/t21-/m0/s1. The number of amides is 2. The zero-order valence-corrected chi connectivity index (χ0v) is 25.8. The fraction of sp³-hybridized carbons (Fsp3) is 0.355. The molecule has 0 heterocycles. The van der Waals surface area contributed by atoms with Crippen LogP contribution in [-0.4, -0.2) is 58.0 Å². The van der Waals surface area contributed by atoms with Crippen LogP contribution in [0.5, 0.6) is 11.5 Å². The predicted molar refractivity (Wildman–Crippen MR) is 162 cm³/mol. The fourth-order valence-corrected chi connectivity index (χ4v) is 6.65. The van der Waals surface area contributed by atoms with Crippen LogP contribution in [0.2, 0.25) is 5.02 Å². The average Bonchev–Trinajstić information content (AvgIpc) is 3.52. The van der Waals surface area contributed by atoms with Gasteiger partial charge in [-0.1, -0.05) is 42.6 Å². The molecule has 9 nitrogen and oxygen atoms in total. The van der Waals surface area contributed by atoms with Crippen molar-refractivity contribution in [3.8, 4) is 11.5 Å². The van der Waals surface area contributed by atoms with Crippen LogP contribution >= 0.6 is 11.6 Å². The highest BCUT2D eigenvalue weighted by atomic mass is 35.5. The second-order valence-electron chi connectivity index (χ2n) is 10.3. The topological polar surface area (TPSA) is 105 Å². The molecule has 0 saturated heterocycles. The average molecular weight is 632 g/mol. The first-order chi connectivity index (χ1) is 20.5. The zero-order valence-electron chi connectivity index (χ0n) is 24.3. The Kier molecular flexibility index (Phi) is 10.5. The van der Waals surface area contributed by atoms with Gasteiger partial charge in [0.15, 0.2) is 11.5 Å². The number of anilines is 1. The fourth-order valence-electron chi connectivity index (χ4n) is 5.03. The summed E-state index contributed by atoms with van der Waals surface area (Å²) in [4.78, 5) is 28.5. The molecule has 0 spiro atoms. The van der Waals surface area contributed by atoms with Crippen LogP contribution in [0.3, 0.4) is 0 Å². The maximum absolute atomic E-state index is 14.1. The van der Waals surface area contributed by atoms with Crippen LogP contribution in [0.1, 0.15) is 38.2 Å². The zero-order chi connectivity index (χ0) is 31.1. The first kappa shape index (κ1) is 32.1. The van der Waals surface area contributed by atoms with E-state index >= 15 is 0 Å². The van der Waals surface area contributed by atoms with Crippen LogP contribution in [0.25, 0.3) is 0 Å². The normalized spacial score (nSPS) is 14.2. The van der Waals surface area contributed by atoms with Crippen LogP contribution in [0.4, 0.5) is 10.1 Å². The summed E-state index contributed by atoms with van der Waals surface area (Å²) >= 11 is 6.41. The Morgan fingerprint density at radius 1 is 1.00 bits per heavy atom. The Morgan fingerprint density at radius 2 is 1.65 bits per heavy atom. The van der Waals surface area contributed by atoms with Gasteiger partial charge in [-0.05, 0) is 67.8 Å². The molecule has 12 heteroatoms. The smallest absolute Gasteiger partial charge is 0.264 e. The van der Waals surface area contributed by atoms with Crippen LogP contribution < -0.4 is 19.1 Å². The molecule has 1 fully saturated rings. The highest BCUT2D eigenvalue weighted by Crippen LogP contribution is 2.32. The van der Waals surface area contributed by atoms with E-state index < -0.39 is 34.3 Å². The molecule has 3 aromatic rings. The number of nitrogens with one attached hydrogen (secondary N) is 1. The Bertz CT molecular complexity index is 1550. The molecule has 4 rings (SSSR count). The van der Waals surface area contributed by atoms with Gasteiger partial charge < -0.3 is 19.7 Å². The highest BCUT2D eigenvalue weighted by Gasteiger charge is 2.34. The number of halogens is 2. The Balaban J connectivity index is 1.72. The molecular formula is C31H35ClFN3O6S. The molecule has 0 radical (unpaired) electrons. The highest BCUT2D eigenvalue weighted by molar-refractivity contribution is 7.92. The monoisotopic (exact) mass is 631 g/mol. The van der Waals surface area contributed by atoms with Crippen molar-refractivity contribution >= 4 is 39.1 Å². The third kappa shape index (κ3) is 7.58. The minimum absolute atomic E-state index is 0.0216. The molecule has 0 aliphatic heterocycles. The molecule has 1 saturated carbocycles. The summed E-state index contributed by atoms with van der Waals surface area (Å²) in [5.74, 6) is -1.08. The number of carbonyl (C=O) groups excluding carboxylic acids is 2. The Hall–Kier alpha value is -3.83. The summed E-state index contributed by atoms with van der Waals surface area (Å²) < 4.78 is 53.4. The van der Waals surface area contributed by atoms with E-state index in [4.69, 9.17) is 21.1 Å². The van der Waals surface area contributed by atoms with Gasteiger partial charge in [0.2, 0.25) is 11.8 Å². The van der Waals surface area contributed by atoms with E-state index in [2.05, 4.69) is 5.32 Å². The van der Waals surface area contributed by atoms with Crippen LogP contribution in [0.15, 0.2) is 71.6 Å². The van der Waals surface area contributed by atoms with Crippen molar-refractivity contribution in [3.05, 3.63) is 83.1 Å². The lowest BCUT2D eigenvalue weighted by Gasteiger charge is -2.32. The molecule has 2 amide bonds. The summed E-state index contributed by atoms with van der Waals surface area (Å²) in [7, 11) is -1.60. The van der Waals surface area contributed by atoms with Crippen molar-refractivity contribution < 1.29 is 31.9 Å². The lowest BCUT2D eigenvalue weighted by molar-refractivity contribution is -0.139. The molecule has 0 bridgehead atoms. The molecular weight excluding hydrogens is 597 g/mol. The molecule has 43 heavy (non-hydrogen) atoms. The Labute approximate surface area is 256 Å². The van der Waals surface area contributed by atoms with E-state index in [1.165, 1.54) is 49.5 Å². The molecule has 0 unspecified atom stereocenters. The van der Waals surface area contributed by atoms with Gasteiger partial charge in [-0.25, -0.2) is 12.8 Å². The lowest BCUT2D eigenvalue weighted by atomic mass is 10.1. The van der Waals surface area contributed by atoms with Crippen molar-refractivity contribution in [1.82, 2.24) is 10.2 Å². The third-order valence-corrected chi connectivity index (χ3v) is 9.64. The van der Waals surface area contributed by atoms with Gasteiger partial charge in [0.25, 0.3) is 10.0 Å². The van der Waals surface area contributed by atoms with E-state index in [0.717, 1.165) is 42.1 Å². The summed E-state index contributed by atoms with van der Waals surface area (Å²) in [6, 6.07) is 14.8. The van der Waals surface area contributed by atoms with Gasteiger partial charge in [0.05, 0.1) is 24.8 Å². The number of hydrogen-bond donors (Lipinski definition) is 1. The van der Waals surface area contributed by atoms with Crippen molar-refractivity contribution in [1.29, 1.82) is 0 Å². The van der Waals surface area contributed by atoms with Crippen molar-refractivity contribution in [2.45, 2.75) is 56.1 Å². The second kappa shape index (κ2) is 14.1. The SMILES string of the molecule is COc1ccc(S(=O)(=O)N(CC(=O)N(Cc2ccccc2Cl)[C@@H](C)C(=O)NC2CCCC2)c2ccc(F)cc2)cc1OC. The summed E-state index contributed by atoms with van der Waals surface area (Å²) in [6.45, 7) is 0.892. The van der Waals surface area contributed by atoms with Gasteiger partial charge in [-0.15, -0.1) is 0 Å². The molecule has 230 valence electrons. The molecule has 1 aliphatic carbocycles. The maximum atomic E-state index is 14.1. The van der Waals surface area contributed by atoms with Gasteiger partial charge in [0, 0.05) is 23.7 Å². The van der Waals surface area contributed by atoms with E-state index in [0.29, 0.717) is 16.3 Å². The van der Waals surface area contributed by atoms with E-state index in [-0.39, 0.29) is 34.8 Å². The maximum Gasteiger partial charge on any atom is 0.264 e. The second-order valence-corrected chi connectivity index (χ2v) is 12.6. The van der Waals surface area contributed by atoms with Gasteiger partial charge in [-0.3, -0.25) is 13.9 Å². The van der Waals surface area contributed by atoms with Crippen LogP contribution in [0, 0.1) is 5.82 Å². The summed E-state index contributed by atoms with van der Waals surface area (Å²) in [5, 5.41) is 3.42.